The number of rotatable bonds is 5. The van der Waals surface area contributed by atoms with E-state index in [1.54, 1.807) is 12.1 Å². The lowest BCUT2D eigenvalue weighted by atomic mass is 9.89. The minimum absolute atomic E-state index is 0.0529. The van der Waals surface area contributed by atoms with E-state index >= 15 is 0 Å². The van der Waals surface area contributed by atoms with Gasteiger partial charge in [-0.15, -0.1) is 0 Å². The summed E-state index contributed by atoms with van der Waals surface area (Å²) in [4.78, 5) is 0. The number of piperidine rings is 1. The molecule has 0 aromatic heterocycles. The van der Waals surface area contributed by atoms with Crippen molar-refractivity contribution in [1.29, 1.82) is 0 Å². The Labute approximate surface area is 113 Å². The molecule has 4 heteroatoms. The first-order chi connectivity index (χ1) is 9.12. The molecule has 1 aliphatic rings. The Morgan fingerprint density at radius 1 is 1.21 bits per heavy atom. The summed E-state index contributed by atoms with van der Waals surface area (Å²) in [5, 5.41) is 3.20. The number of benzene rings is 1. The first kappa shape index (κ1) is 14.3. The SMILES string of the molecule is CCOc1ccc(C(F)(F)CC2CCNCC2)cc1. The van der Waals surface area contributed by atoms with Crippen molar-refractivity contribution in [3.8, 4) is 5.75 Å². The van der Waals surface area contributed by atoms with Gasteiger partial charge in [-0.2, -0.15) is 0 Å². The van der Waals surface area contributed by atoms with Crippen LogP contribution in [0.25, 0.3) is 0 Å². The van der Waals surface area contributed by atoms with Gasteiger partial charge in [0.25, 0.3) is 5.92 Å². The van der Waals surface area contributed by atoms with Crippen LogP contribution in [0.1, 0.15) is 31.7 Å². The van der Waals surface area contributed by atoms with Gasteiger partial charge in [-0.3, -0.25) is 0 Å². The molecule has 0 bridgehead atoms. The van der Waals surface area contributed by atoms with Crippen LogP contribution in [0, 0.1) is 5.92 Å². The monoisotopic (exact) mass is 269 g/mol. The van der Waals surface area contributed by atoms with Gasteiger partial charge < -0.3 is 10.1 Å². The van der Waals surface area contributed by atoms with Crippen LogP contribution in [0.2, 0.25) is 0 Å². The van der Waals surface area contributed by atoms with E-state index in [4.69, 9.17) is 4.74 Å². The van der Waals surface area contributed by atoms with E-state index in [0.717, 1.165) is 25.9 Å². The van der Waals surface area contributed by atoms with Crippen LogP contribution < -0.4 is 10.1 Å². The van der Waals surface area contributed by atoms with E-state index < -0.39 is 5.92 Å². The third kappa shape index (κ3) is 3.90. The number of hydrogen-bond donors (Lipinski definition) is 1. The Bertz CT molecular complexity index is 386. The maximum absolute atomic E-state index is 14.2. The summed E-state index contributed by atoms with van der Waals surface area (Å²) >= 11 is 0. The highest BCUT2D eigenvalue weighted by molar-refractivity contribution is 5.29. The van der Waals surface area contributed by atoms with Gasteiger partial charge in [0.15, 0.2) is 0 Å². The maximum Gasteiger partial charge on any atom is 0.273 e. The maximum atomic E-state index is 14.2. The van der Waals surface area contributed by atoms with E-state index in [9.17, 15) is 8.78 Å². The first-order valence-corrected chi connectivity index (χ1v) is 6.93. The molecule has 0 spiro atoms. The second-order valence-electron chi connectivity index (χ2n) is 5.06. The Balaban J connectivity index is 2.00. The van der Waals surface area contributed by atoms with E-state index in [0.29, 0.717) is 12.4 Å². The molecule has 1 heterocycles. The average molecular weight is 269 g/mol. The number of hydrogen-bond acceptors (Lipinski definition) is 2. The lowest BCUT2D eigenvalue weighted by molar-refractivity contribution is -0.0326. The Hall–Kier alpha value is -1.16. The smallest absolute Gasteiger partial charge is 0.273 e. The highest BCUT2D eigenvalue weighted by Crippen LogP contribution is 2.37. The highest BCUT2D eigenvalue weighted by Gasteiger charge is 2.35. The van der Waals surface area contributed by atoms with Crippen molar-refractivity contribution in [2.75, 3.05) is 19.7 Å². The van der Waals surface area contributed by atoms with Crippen molar-refractivity contribution in [1.82, 2.24) is 5.32 Å². The van der Waals surface area contributed by atoms with E-state index in [2.05, 4.69) is 5.32 Å². The zero-order chi connectivity index (χ0) is 13.7. The summed E-state index contributed by atoms with van der Waals surface area (Å²) in [5.74, 6) is -1.99. The molecule has 0 saturated carbocycles. The van der Waals surface area contributed by atoms with Crippen LogP contribution in [0.5, 0.6) is 5.75 Å². The molecule has 0 radical (unpaired) electrons. The molecule has 2 nitrogen and oxygen atoms in total. The fourth-order valence-electron chi connectivity index (χ4n) is 2.53. The fraction of sp³-hybridized carbons (Fsp3) is 0.600. The second kappa shape index (κ2) is 6.33. The van der Waals surface area contributed by atoms with E-state index in [1.165, 1.54) is 12.1 Å². The highest BCUT2D eigenvalue weighted by atomic mass is 19.3. The van der Waals surface area contributed by atoms with Gasteiger partial charge in [0.05, 0.1) is 6.61 Å². The Morgan fingerprint density at radius 3 is 2.42 bits per heavy atom. The standard InChI is InChI=1S/C15H21F2NO/c1-2-19-14-5-3-13(4-6-14)15(16,17)11-12-7-9-18-10-8-12/h3-6,12,18H,2,7-11H2,1H3. The summed E-state index contributed by atoms with van der Waals surface area (Å²) < 4.78 is 33.7. The van der Waals surface area contributed by atoms with Gasteiger partial charge in [-0.1, -0.05) is 0 Å². The summed E-state index contributed by atoms with van der Waals surface area (Å²) in [6, 6.07) is 6.20. The number of nitrogens with one attached hydrogen (secondary N) is 1. The Morgan fingerprint density at radius 2 is 1.84 bits per heavy atom. The molecule has 0 unspecified atom stereocenters. The van der Waals surface area contributed by atoms with Gasteiger partial charge in [-0.05, 0) is 63.0 Å². The van der Waals surface area contributed by atoms with Crippen LogP contribution in [-0.4, -0.2) is 19.7 Å². The topological polar surface area (TPSA) is 21.3 Å². The molecule has 1 N–H and O–H groups in total. The fourth-order valence-corrected chi connectivity index (χ4v) is 2.53. The molecule has 1 aliphatic heterocycles. The van der Waals surface area contributed by atoms with Crippen LogP contribution in [0.4, 0.5) is 8.78 Å². The zero-order valence-electron chi connectivity index (χ0n) is 11.3. The molecule has 1 aromatic carbocycles. The summed E-state index contributed by atoms with van der Waals surface area (Å²) in [6.45, 7) is 4.12. The molecule has 0 atom stereocenters. The molecule has 0 amide bonds. The summed E-state index contributed by atoms with van der Waals surface area (Å²) in [5.41, 5.74) is 0.0921. The number of ether oxygens (including phenoxy) is 1. The van der Waals surface area contributed by atoms with Gasteiger partial charge >= 0.3 is 0 Å². The number of halogens is 2. The minimum atomic E-state index is -2.74. The predicted octanol–water partition coefficient (Wildman–Crippen LogP) is 3.57. The third-order valence-electron chi connectivity index (χ3n) is 3.59. The van der Waals surface area contributed by atoms with Gasteiger partial charge in [0, 0.05) is 12.0 Å². The average Bonchev–Trinajstić information content (AvgIpc) is 2.40. The normalized spacial score (nSPS) is 17.4. The van der Waals surface area contributed by atoms with E-state index in [-0.39, 0.29) is 17.9 Å². The van der Waals surface area contributed by atoms with Gasteiger partial charge in [0.1, 0.15) is 5.75 Å². The predicted molar refractivity (Wildman–Crippen MR) is 71.7 cm³/mol. The van der Waals surface area contributed by atoms with Crippen LogP contribution in [-0.2, 0) is 5.92 Å². The van der Waals surface area contributed by atoms with Crippen molar-refractivity contribution in [2.45, 2.75) is 32.1 Å². The molecular formula is C15H21F2NO. The molecule has 0 aliphatic carbocycles. The molecule has 1 saturated heterocycles. The van der Waals surface area contributed by atoms with Crippen molar-refractivity contribution >= 4 is 0 Å². The molecule has 106 valence electrons. The van der Waals surface area contributed by atoms with E-state index in [1.807, 2.05) is 6.92 Å². The minimum Gasteiger partial charge on any atom is -0.494 e. The molecule has 19 heavy (non-hydrogen) atoms. The lowest BCUT2D eigenvalue weighted by Gasteiger charge is -2.27. The Kier molecular flexibility index (Phi) is 4.75. The number of alkyl halides is 2. The first-order valence-electron chi connectivity index (χ1n) is 6.93. The molecular weight excluding hydrogens is 248 g/mol. The van der Waals surface area contributed by atoms with Gasteiger partial charge in [0.2, 0.25) is 0 Å². The summed E-state index contributed by atoms with van der Waals surface area (Å²) in [7, 11) is 0. The van der Waals surface area contributed by atoms with Crippen molar-refractivity contribution < 1.29 is 13.5 Å². The zero-order valence-corrected chi connectivity index (χ0v) is 11.3. The lowest BCUT2D eigenvalue weighted by Crippen LogP contribution is -2.30. The van der Waals surface area contributed by atoms with Gasteiger partial charge in [-0.25, -0.2) is 8.78 Å². The third-order valence-corrected chi connectivity index (χ3v) is 3.59. The van der Waals surface area contributed by atoms with Crippen molar-refractivity contribution in [2.24, 2.45) is 5.92 Å². The van der Waals surface area contributed by atoms with Crippen LogP contribution in [0.3, 0.4) is 0 Å². The molecule has 1 fully saturated rings. The largest absolute Gasteiger partial charge is 0.494 e. The second-order valence-corrected chi connectivity index (χ2v) is 5.06. The van der Waals surface area contributed by atoms with Crippen molar-refractivity contribution in [3.05, 3.63) is 29.8 Å². The molecule has 1 aromatic rings. The quantitative estimate of drug-likeness (QED) is 0.882. The van der Waals surface area contributed by atoms with Crippen LogP contribution >= 0.6 is 0 Å². The van der Waals surface area contributed by atoms with Crippen LogP contribution in [0.15, 0.2) is 24.3 Å². The summed E-state index contributed by atoms with van der Waals surface area (Å²) in [6.07, 6.45) is 1.63. The molecule has 2 rings (SSSR count). The van der Waals surface area contributed by atoms with Crippen molar-refractivity contribution in [3.63, 3.8) is 0 Å².